The molecule has 1 fully saturated rings. The quantitative estimate of drug-likeness (QED) is 0.417. The Morgan fingerprint density at radius 3 is 2.57 bits per heavy atom. The molecule has 0 aromatic carbocycles. The first-order chi connectivity index (χ1) is 6.75. The fourth-order valence-corrected chi connectivity index (χ4v) is 2.87. The van der Waals surface area contributed by atoms with Crippen LogP contribution in [0.25, 0.3) is 0 Å². The van der Waals surface area contributed by atoms with E-state index in [2.05, 4.69) is 43.9 Å². The molecule has 80 valence electrons. The fourth-order valence-electron chi connectivity index (χ4n) is 2.32. The summed E-state index contributed by atoms with van der Waals surface area (Å²) in [4.78, 5) is 2.66. The summed E-state index contributed by atoms with van der Waals surface area (Å²) in [5, 5.41) is 0. The summed E-state index contributed by atoms with van der Waals surface area (Å²) >= 11 is 2.44. The average molecular weight is 306 g/mol. The van der Waals surface area contributed by atoms with Gasteiger partial charge in [-0.25, -0.2) is 3.11 Å². The third kappa shape index (κ3) is 2.70. The van der Waals surface area contributed by atoms with Gasteiger partial charge in [0.1, 0.15) is 0 Å². The largest absolute Gasteiger partial charge is 0.296 e. The first-order valence-corrected chi connectivity index (χ1v) is 6.52. The van der Waals surface area contributed by atoms with Crippen LogP contribution in [-0.2, 0) is 0 Å². The maximum Gasteiger partial charge on any atom is 0.0201 e. The van der Waals surface area contributed by atoms with Gasteiger partial charge in [-0.05, 0) is 26.2 Å². The van der Waals surface area contributed by atoms with Crippen LogP contribution in [0.3, 0.4) is 0 Å². The van der Waals surface area contributed by atoms with Crippen LogP contribution >= 0.6 is 22.9 Å². The van der Waals surface area contributed by atoms with Crippen LogP contribution in [0, 0.1) is 0 Å². The maximum absolute atomic E-state index is 2.66. The Hall–Kier alpha value is 0.390. The predicted molar refractivity (Wildman–Crippen MR) is 68.6 cm³/mol. The predicted octanol–water partition coefficient (Wildman–Crippen LogP) is 2.45. The molecule has 0 aromatic rings. The van der Waals surface area contributed by atoms with Crippen molar-refractivity contribution in [2.75, 3.05) is 26.2 Å². The zero-order chi connectivity index (χ0) is 9.97. The molecule has 0 saturated carbocycles. The van der Waals surface area contributed by atoms with Gasteiger partial charge in [0.15, 0.2) is 0 Å². The molecule has 2 heterocycles. The lowest BCUT2D eigenvalue weighted by Gasteiger charge is -2.37. The second kappa shape index (κ2) is 4.94. The van der Waals surface area contributed by atoms with Crippen molar-refractivity contribution in [2.24, 2.45) is 0 Å². The molecule has 3 heteroatoms. The Balaban J connectivity index is 1.84. The van der Waals surface area contributed by atoms with Gasteiger partial charge in [-0.1, -0.05) is 11.6 Å². The van der Waals surface area contributed by atoms with E-state index in [-0.39, 0.29) is 0 Å². The number of piperidine rings is 1. The second-order valence-corrected chi connectivity index (χ2v) is 5.80. The van der Waals surface area contributed by atoms with Gasteiger partial charge in [-0.2, -0.15) is 0 Å². The van der Waals surface area contributed by atoms with E-state index >= 15 is 0 Å². The van der Waals surface area contributed by atoms with Crippen LogP contribution in [0.5, 0.6) is 0 Å². The monoisotopic (exact) mass is 306 g/mol. The first kappa shape index (κ1) is 10.9. The van der Waals surface area contributed by atoms with E-state index in [1.54, 1.807) is 5.57 Å². The van der Waals surface area contributed by atoms with Crippen molar-refractivity contribution in [2.45, 2.75) is 32.2 Å². The number of hydrogen-bond acceptors (Lipinski definition) is 2. The summed E-state index contributed by atoms with van der Waals surface area (Å²) in [7, 11) is 0. The van der Waals surface area contributed by atoms with Gasteiger partial charge in [0.05, 0.1) is 0 Å². The molecule has 2 aliphatic heterocycles. The van der Waals surface area contributed by atoms with E-state index in [0.29, 0.717) is 0 Å². The molecule has 0 N–H and O–H groups in total. The lowest BCUT2D eigenvalue weighted by Crippen LogP contribution is -2.44. The Labute approximate surface area is 101 Å². The summed E-state index contributed by atoms with van der Waals surface area (Å²) in [6.45, 7) is 7.27. The minimum Gasteiger partial charge on any atom is -0.296 e. The van der Waals surface area contributed by atoms with Gasteiger partial charge < -0.3 is 0 Å². The van der Waals surface area contributed by atoms with Crippen molar-refractivity contribution in [3.05, 3.63) is 11.6 Å². The van der Waals surface area contributed by atoms with Gasteiger partial charge in [0.2, 0.25) is 0 Å². The van der Waals surface area contributed by atoms with Crippen molar-refractivity contribution < 1.29 is 0 Å². The summed E-state index contributed by atoms with van der Waals surface area (Å²) in [5.74, 6) is 0. The van der Waals surface area contributed by atoms with Gasteiger partial charge in [0, 0.05) is 55.1 Å². The minimum absolute atomic E-state index is 0.852. The van der Waals surface area contributed by atoms with E-state index in [0.717, 1.165) is 6.04 Å². The van der Waals surface area contributed by atoms with Crippen LogP contribution in [-0.4, -0.2) is 40.2 Å². The third-order valence-corrected chi connectivity index (χ3v) is 4.36. The van der Waals surface area contributed by atoms with Gasteiger partial charge in [0.25, 0.3) is 0 Å². The number of hydrogen-bond donors (Lipinski definition) is 0. The van der Waals surface area contributed by atoms with E-state index in [9.17, 15) is 0 Å². The van der Waals surface area contributed by atoms with E-state index in [1.807, 2.05) is 0 Å². The lowest BCUT2D eigenvalue weighted by molar-refractivity contribution is 0.157. The van der Waals surface area contributed by atoms with Crippen molar-refractivity contribution >= 4 is 22.9 Å². The summed E-state index contributed by atoms with van der Waals surface area (Å²) in [6, 6.07) is 0.852. The molecule has 2 rings (SSSR count). The standard InChI is InChI=1S/C11H19IN2/c1-10-2-6-13(7-3-10)11-4-8-14(12)9-5-11/h2,11H,3-9H2,1H3. The zero-order valence-electron chi connectivity index (χ0n) is 8.88. The normalized spacial score (nSPS) is 27.7. The van der Waals surface area contributed by atoms with Crippen molar-refractivity contribution in [1.29, 1.82) is 0 Å². The molecule has 0 aliphatic carbocycles. The zero-order valence-corrected chi connectivity index (χ0v) is 11.0. The topological polar surface area (TPSA) is 6.48 Å². The van der Waals surface area contributed by atoms with Crippen molar-refractivity contribution in [1.82, 2.24) is 8.01 Å². The van der Waals surface area contributed by atoms with Gasteiger partial charge >= 0.3 is 0 Å². The molecule has 0 atom stereocenters. The highest BCUT2D eigenvalue weighted by Gasteiger charge is 2.23. The number of halogens is 1. The highest BCUT2D eigenvalue weighted by molar-refractivity contribution is 14.1. The van der Waals surface area contributed by atoms with Crippen LogP contribution in [0.1, 0.15) is 26.2 Å². The summed E-state index contributed by atoms with van der Waals surface area (Å²) in [6.07, 6.45) is 6.40. The molecular formula is C11H19IN2. The highest BCUT2D eigenvalue weighted by atomic mass is 127. The average Bonchev–Trinajstić information content (AvgIpc) is 2.21. The molecule has 2 nitrogen and oxygen atoms in total. The Morgan fingerprint density at radius 1 is 1.29 bits per heavy atom. The molecule has 0 aromatic heterocycles. The molecule has 0 unspecified atom stereocenters. The highest BCUT2D eigenvalue weighted by Crippen LogP contribution is 2.21. The van der Waals surface area contributed by atoms with Crippen LogP contribution < -0.4 is 0 Å². The molecule has 1 saturated heterocycles. The molecule has 0 bridgehead atoms. The maximum atomic E-state index is 2.66. The Morgan fingerprint density at radius 2 is 2.00 bits per heavy atom. The van der Waals surface area contributed by atoms with Crippen LogP contribution in [0.15, 0.2) is 11.6 Å². The van der Waals surface area contributed by atoms with Crippen molar-refractivity contribution in [3.8, 4) is 0 Å². The number of nitrogens with zero attached hydrogens (tertiary/aromatic N) is 2. The minimum atomic E-state index is 0.852. The fraction of sp³-hybridized carbons (Fsp3) is 0.818. The van der Waals surface area contributed by atoms with Crippen LogP contribution in [0.2, 0.25) is 0 Å². The van der Waals surface area contributed by atoms with E-state index < -0.39 is 0 Å². The van der Waals surface area contributed by atoms with Crippen LogP contribution in [0.4, 0.5) is 0 Å². The molecule has 0 radical (unpaired) electrons. The molecule has 0 amide bonds. The Kier molecular flexibility index (Phi) is 3.85. The third-order valence-electron chi connectivity index (χ3n) is 3.39. The first-order valence-electron chi connectivity index (χ1n) is 5.56. The van der Waals surface area contributed by atoms with Gasteiger partial charge in [-0.15, -0.1) is 0 Å². The SMILES string of the molecule is CC1=CCN(C2CCN(I)CC2)CC1. The van der Waals surface area contributed by atoms with Gasteiger partial charge in [-0.3, -0.25) is 4.90 Å². The molecule has 0 spiro atoms. The molecule has 14 heavy (non-hydrogen) atoms. The summed E-state index contributed by atoms with van der Waals surface area (Å²) < 4.78 is 2.42. The molecular weight excluding hydrogens is 287 g/mol. The smallest absolute Gasteiger partial charge is 0.0201 e. The summed E-state index contributed by atoms with van der Waals surface area (Å²) in [5.41, 5.74) is 1.58. The number of rotatable bonds is 1. The lowest BCUT2D eigenvalue weighted by atomic mass is 10.0. The Bertz CT molecular complexity index is 219. The molecule has 2 aliphatic rings. The van der Waals surface area contributed by atoms with E-state index in [1.165, 1.54) is 45.4 Å². The second-order valence-electron chi connectivity index (χ2n) is 4.44. The van der Waals surface area contributed by atoms with Crippen molar-refractivity contribution in [3.63, 3.8) is 0 Å². The van der Waals surface area contributed by atoms with E-state index in [4.69, 9.17) is 0 Å².